The molecule has 0 aliphatic carbocycles. The van der Waals surface area contributed by atoms with E-state index in [-0.39, 0.29) is 11.0 Å². The van der Waals surface area contributed by atoms with Gasteiger partial charge >= 0.3 is 19.6 Å². The maximum atomic E-state index is 12.9. The van der Waals surface area contributed by atoms with Crippen LogP contribution >= 0.6 is 0 Å². The van der Waals surface area contributed by atoms with Crippen molar-refractivity contribution in [3.8, 4) is 0 Å². The van der Waals surface area contributed by atoms with Gasteiger partial charge in [0, 0.05) is 0 Å². The van der Waals surface area contributed by atoms with Gasteiger partial charge in [-0.3, -0.25) is 12.9 Å². The first-order valence-electron chi connectivity index (χ1n) is 4.87. The minimum atomic E-state index is -5.65. The molecule has 1 aromatic heterocycles. The van der Waals surface area contributed by atoms with Crippen molar-refractivity contribution in [2.75, 3.05) is 0 Å². The molecule has 0 bridgehead atoms. The van der Waals surface area contributed by atoms with Crippen molar-refractivity contribution in [1.29, 1.82) is 0 Å². The van der Waals surface area contributed by atoms with Gasteiger partial charge in [-0.25, -0.2) is 4.98 Å². The van der Waals surface area contributed by atoms with Crippen LogP contribution in [0.15, 0.2) is 24.3 Å². The van der Waals surface area contributed by atoms with E-state index in [1.165, 1.54) is 24.3 Å². The fraction of sp³-hybridized carbons (Fsp3) is 0.222. The number of hydrogen-bond donors (Lipinski definition) is 1. The summed E-state index contributed by atoms with van der Waals surface area (Å²) in [5, 5.41) is 0. The summed E-state index contributed by atoms with van der Waals surface area (Å²) in [4.78, 5) is 5.19. The van der Waals surface area contributed by atoms with Gasteiger partial charge in [0.15, 0.2) is 5.82 Å². The van der Waals surface area contributed by atoms with E-state index in [0.717, 1.165) is 0 Å². The molecular formula is C9H5BF8N2. The summed E-state index contributed by atoms with van der Waals surface area (Å²) in [6.07, 6.45) is -5.65. The standard InChI is InChI=1S/C9H5F5N2.BF3/c10-8(11,9(12,13)14)7-15-5-3-1-2-4-6(5)16-7;2-1(3)4/h1-4H,(H,15,16);. The van der Waals surface area contributed by atoms with Crippen LogP contribution < -0.4 is 0 Å². The number of halogens is 8. The van der Waals surface area contributed by atoms with Gasteiger partial charge in [0.05, 0.1) is 11.0 Å². The van der Waals surface area contributed by atoms with Crippen LogP contribution in [0.5, 0.6) is 0 Å². The Kier molecular flexibility index (Phi) is 4.61. The highest BCUT2D eigenvalue weighted by Crippen LogP contribution is 2.42. The Bertz CT molecular complexity index is 529. The minimum absolute atomic E-state index is 0.0708. The molecule has 1 N–H and O–H groups in total. The molecule has 0 spiro atoms. The van der Waals surface area contributed by atoms with Crippen molar-refractivity contribution in [3.05, 3.63) is 30.1 Å². The van der Waals surface area contributed by atoms with Gasteiger partial charge in [-0.05, 0) is 12.1 Å². The maximum absolute atomic E-state index is 12.9. The molecule has 0 aliphatic rings. The Morgan fingerprint density at radius 2 is 1.45 bits per heavy atom. The van der Waals surface area contributed by atoms with Gasteiger partial charge in [0.1, 0.15) is 0 Å². The zero-order valence-corrected chi connectivity index (χ0v) is 9.36. The molecule has 0 saturated heterocycles. The molecule has 0 fully saturated rings. The molecule has 0 radical (unpaired) electrons. The first-order valence-corrected chi connectivity index (χ1v) is 4.87. The highest BCUT2D eigenvalue weighted by Gasteiger charge is 2.61. The first kappa shape index (κ1) is 16.2. The predicted molar refractivity (Wildman–Crippen MR) is 55.1 cm³/mol. The number of aromatic nitrogens is 2. The number of hydrogen-bond acceptors (Lipinski definition) is 1. The number of nitrogens with one attached hydrogen (secondary N) is 1. The monoisotopic (exact) mass is 304 g/mol. The number of H-pyrrole nitrogens is 1. The van der Waals surface area contributed by atoms with Crippen LogP contribution in [-0.2, 0) is 5.92 Å². The number of nitrogens with zero attached hydrogens (tertiary/aromatic N) is 1. The predicted octanol–water partition coefficient (Wildman–Crippen LogP) is 4.10. The van der Waals surface area contributed by atoms with Crippen molar-refractivity contribution in [2.24, 2.45) is 0 Å². The van der Waals surface area contributed by atoms with Gasteiger partial charge in [0.2, 0.25) is 0 Å². The summed E-state index contributed by atoms with van der Waals surface area (Å²) in [5.74, 6) is -6.35. The molecule has 0 amide bonds. The van der Waals surface area contributed by atoms with Crippen molar-refractivity contribution < 1.29 is 34.9 Å². The van der Waals surface area contributed by atoms with Crippen molar-refractivity contribution in [1.82, 2.24) is 9.97 Å². The zero-order valence-electron chi connectivity index (χ0n) is 9.36. The largest absolute Gasteiger partial charge is 0.762 e. The highest BCUT2D eigenvalue weighted by molar-refractivity contribution is 6.33. The fourth-order valence-electron chi connectivity index (χ4n) is 1.24. The van der Waals surface area contributed by atoms with Crippen LogP contribution in [0.1, 0.15) is 5.82 Å². The van der Waals surface area contributed by atoms with Gasteiger partial charge in [0.25, 0.3) is 0 Å². The van der Waals surface area contributed by atoms with Crippen LogP contribution in [0.3, 0.4) is 0 Å². The van der Waals surface area contributed by atoms with Crippen LogP contribution in [0.25, 0.3) is 11.0 Å². The van der Waals surface area contributed by atoms with Crippen molar-refractivity contribution >= 4 is 18.6 Å². The molecule has 20 heavy (non-hydrogen) atoms. The summed E-state index contributed by atoms with van der Waals surface area (Å²) in [6.45, 7) is 0. The Balaban J connectivity index is 0.000000444. The van der Waals surface area contributed by atoms with Crippen LogP contribution in [0.2, 0.25) is 0 Å². The summed E-state index contributed by atoms with van der Waals surface area (Å²) in [5.41, 5.74) is 0.211. The third kappa shape index (κ3) is 3.61. The Labute approximate surface area is 107 Å². The fourth-order valence-corrected chi connectivity index (χ4v) is 1.24. The molecule has 11 heteroatoms. The molecule has 2 nitrogen and oxygen atoms in total. The van der Waals surface area contributed by atoms with Crippen molar-refractivity contribution in [3.63, 3.8) is 0 Å². The van der Waals surface area contributed by atoms with Gasteiger partial charge in [-0.15, -0.1) is 0 Å². The SMILES string of the molecule is FB(F)F.FC(F)(F)C(F)(F)c1nc2ccccc2[nH]1. The number of para-hydroxylation sites is 2. The average molecular weight is 304 g/mol. The number of aromatic amines is 1. The second-order valence-electron chi connectivity index (χ2n) is 3.42. The summed E-state index contributed by atoms with van der Waals surface area (Å²) in [7, 11) is -3.67. The normalized spacial score (nSPS) is 12.0. The molecule has 1 aromatic carbocycles. The molecule has 1 heterocycles. The number of rotatable bonds is 1. The molecular weight excluding hydrogens is 299 g/mol. The van der Waals surface area contributed by atoms with Crippen molar-refractivity contribution in [2.45, 2.75) is 12.1 Å². The summed E-state index contributed by atoms with van der Waals surface area (Å²) < 4.78 is 90.9. The maximum Gasteiger partial charge on any atom is 0.762 e. The van der Waals surface area contributed by atoms with E-state index >= 15 is 0 Å². The number of imidazole rings is 1. The highest BCUT2D eigenvalue weighted by atomic mass is 19.4. The molecule has 0 unspecified atom stereocenters. The van der Waals surface area contributed by atoms with E-state index in [4.69, 9.17) is 0 Å². The van der Waals surface area contributed by atoms with Crippen LogP contribution in [-0.4, -0.2) is 23.7 Å². The number of fused-ring (bicyclic) bond motifs is 1. The molecule has 2 aromatic rings. The van der Waals surface area contributed by atoms with E-state index in [1.807, 2.05) is 4.98 Å². The van der Waals surface area contributed by atoms with E-state index in [0.29, 0.717) is 0 Å². The van der Waals surface area contributed by atoms with Crippen LogP contribution in [0, 0.1) is 0 Å². The molecule has 0 atom stereocenters. The molecule has 0 saturated carbocycles. The van der Waals surface area contributed by atoms with E-state index in [2.05, 4.69) is 4.98 Å². The Hall–Kier alpha value is -1.81. The first-order chi connectivity index (χ1) is 9.05. The third-order valence-electron chi connectivity index (χ3n) is 2.04. The lowest BCUT2D eigenvalue weighted by Gasteiger charge is -2.16. The lowest BCUT2D eigenvalue weighted by atomic mass is 10.3. The molecule has 2 rings (SSSR count). The second-order valence-corrected chi connectivity index (χ2v) is 3.42. The topological polar surface area (TPSA) is 28.7 Å². The number of benzene rings is 1. The third-order valence-corrected chi connectivity index (χ3v) is 2.04. The molecule has 110 valence electrons. The van der Waals surface area contributed by atoms with E-state index in [1.54, 1.807) is 0 Å². The van der Waals surface area contributed by atoms with Gasteiger partial charge in [-0.2, -0.15) is 22.0 Å². The minimum Gasteiger partial charge on any atom is -0.337 e. The smallest absolute Gasteiger partial charge is 0.337 e. The lowest BCUT2D eigenvalue weighted by molar-refractivity contribution is -0.292. The lowest BCUT2D eigenvalue weighted by Crippen LogP contribution is -2.34. The number of alkyl halides is 5. The van der Waals surface area contributed by atoms with E-state index < -0.39 is 25.5 Å². The summed E-state index contributed by atoms with van der Waals surface area (Å²) >= 11 is 0. The summed E-state index contributed by atoms with van der Waals surface area (Å²) in [6, 6.07) is 5.73. The molecule has 0 aliphatic heterocycles. The second kappa shape index (κ2) is 5.67. The Morgan fingerprint density at radius 3 is 1.90 bits per heavy atom. The van der Waals surface area contributed by atoms with Gasteiger partial charge < -0.3 is 4.98 Å². The zero-order chi connectivity index (χ0) is 15.6. The quantitative estimate of drug-likeness (QED) is 0.623. The van der Waals surface area contributed by atoms with E-state index in [9.17, 15) is 34.9 Å². The van der Waals surface area contributed by atoms with Gasteiger partial charge in [-0.1, -0.05) is 12.1 Å². The average Bonchev–Trinajstić information content (AvgIpc) is 2.70. The van der Waals surface area contributed by atoms with Crippen LogP contribution in [0.4, 0.5) is 34.9 Å². The Morgan fingerprint density at radius 1 is 0.950 bits per heavy atom.